The van der Waals surface area contributed by atoms with Crippen molar-refractivity contribution in [3.05, 3.63) is 53.5 Å². The van der Waals surface area contributed by atoms with Gasteiger partial charge in [0.05, 0.1) is 36.6 Å². The van der Waals surface area contributed by atoms with Crippen molar-refractivity contribution in [2.45, 2.75) is 37.6 Å². The minimum atomic E-state index is -4.49. The first-order valence-corrected chi connectivity index (χ1v) is 12.7. The lowest BCUT2D eigenvalue weighted by molar-refractivity contribution is -0.140. The topological polar surface area (TPSA) is 73.7 Å². The van der Waals surface area contributed by atoms with Crippen LogP contribution in [0.2, 0.25) is 0 Å². The van der Waals surface area contributed by atoms with Gasteiger partial charge in [0.15, 0.2) is 0 Å². The van der Waals surface area contributed by atoms with Crippen LogP contribution in [-0.4, -0.2) is 73.8 Å². The molecule has 2 aromatic carbocycles. The number of anilines is 2. The fourth-order valence-electron chi connectivity index (χ4n) is 4.80. The van der Waals surface area contributed by atoms with Gasteiger partial charge in [-0.15, -0.1) is 0 Å². The molecule has 40 heavy (non-hydrogen) atoms. The normalized spacial score (nSPS) is 18.7. The van der Waals surface area contributed by atoms with Gasteiger partial charge in [0.2, 0.25) is 0 Å². The molecule has 1 aromatic heterocycles. The number of nitrogens with zero attached hydrogens (tertiary/aromatic N) is 2. The summed E-state index contributed by atoms with van der Waals surface area (Å²) in [6.07, 6.45) is -6.27. The summed E-state index contributed by atoms with van der Waals surface area (Å²) in [5, 5.41) is 19.1. The van der Waals surface area contributed by atoms with E-state index in [1.807, 2.05) is 11.9 Å². The molecule has 4 rings (SSSR count). The molecule has 0 spiro atoms. The van der Waals surface area contributed by atoms with Crippen LogP contribution in [0.1, 0.15) is 23.9 Å². The van der Waals surface area contributed by atoms with E-state index in [2.05, 4.69) is 27.8 Å². The van der Waals surface area contributed by atoms with Gasteiger partial charge < -0.3 is 29.9 Å². The van der Waals surface area contributed by atoms with Gasteiger partial charge in [-0.25, -0.2) is 8.78 Å². The number of hydrogen-bond acceptors (Lipinski definition) is 6. The summed E-state index contributed by atoms with van der Waals surface area (Å²) >= 11 is 0. The third-order valence-corrected chi connectivity index (χ3v) is 6.84. The molecular weight excluding hydrogens is 533 g/mol. The molecule has 1 saturated heterocycles. The Bertz CT molecular complexity index is 1400. The number of benzene rings is 2. The lowest BCUT2D eigenvalue weighted by Crippen LogP contribution is -2.46. The lowest BCUT2D eigenvalue weighted by Gasteiger charge is -2.33. The second-order valence-corrected chi connectivity index (χ2v) is 9.71. The van der Waals surface area contributed by atoms with Crippen LogP contribution >= 0.6 is 0 Å². The summed E-state index contributed by atoms with van der Waals surface area (Å²) in [6, 6.07) is 8.53. The molecule has 1 aliphatic rings. The van der Waals surface area contributed by atoms with Crippen LogP contribution in [0.4, 0.5) is 33.3 Å². The fraction of sp³-hybridized carbons (Fsp3) is 0.429. The van der Waals surface area contributed by atoms with E-state index in [0.717, 1.165) is 10.6 Å². The first-order valence-electron chi connectivity index (χ1n) is 12.7. The average molecular weight is 566 g/mol. The van der Waals surface area contributed by atoms with E-state index < -0.39 is 37.0 Å². The van der Waals surface area contributed by atoms with Crippen molar-refractivity contribution in [2.75, 3.05) is 51.5 Å². The third kappa shape index (κ3) is 6.78. The van der Waals surface area contributed by atoms with Crippen LogP contribution in [0, 0.1) is 17.7 Å². The van der Waals surface area contributed by atoms with Gasteiger partial charge >= 0.3 is 6.18 Å². The molecule has 12 heteroatoms. The number of alkyl halides is 4. The van der Waals surface area contributed by atoms with E-state index in [4.69, 9.17) is 4.74 Å². The minimum Gasteiger partial charge on any atom is -0.495 e. The molecule has 216 valence electrons. The number of rotatable bonds is 8. The predicted molar refractivity (Wildman–Crippen MR) is 145 cm³/mol. The maximum Gasteiger partial charge on any atom is 0.406 e. The number of halogens is 5. The summed E-state index contributed by atoms with van der Waals surface area (Å²) < 4.78 is 76.0. The fourth-order valence-corrected chi connectivity index (χ4v) is 4.80. The highest BCUT2D eigenvalue weighted by Crippen LogP contribution is 2.32. The Morgan fingerprint density at radius 2 is 1.98 bits per heavy atom. The Labute approximate surface area is 229 Å². The summed E-state index contributed by atoms with van der Waals surface area (Å²) in [5.74, 6) is 5.17. The predicted octanol–water partition coefficient (Wildman–Crippen LogP) is 4.48. The van der Waals surface area contributed by atoms with Gasteiger partial charge in [-0.1, -0.05) is 12.0 Å². The molecule has 7 nitrogen and oxygen atoms in total. The second-order valence-electron chi connectivity index (χ2n) is 9.71. The van der Waals surface area contributed by atoms with E-state index in [9.17, 15) is 27.1 Å². The van der Waals surface area contributed by atoms with Gasteiger partial charge in [-0.05, 0) is 50.7 Å². The van der Waals surface area contributed by atoms with E-state index in [1.165, 1.54) is 20.2 Å². The summed E-state index contributed by atoms with van der Waals surface area (Å²) in [4.78, 5) is 1.90. The largest absolute Gasteiger partial charge is 0.495 e. The molecule has 0 saturated carbocycles. The zero-order valence-corrected chi connectivity index (χ0v) is 22.4. The van der Waals surface area contributed by atoms with Crippen LogP contribution in [0.15, 0.2) is 36.4 Å². The monoisotopic (exact) mass is 565 g/mol. The van der Waals surface area contributed by atoms with E-state index >= 15 is 0 Å². The smallest absolute Gasteiger partial charge is 0.406 e. The SMILES string of the molecule is CNC(O)c1cc(OC)c(NCC#Cc2cc3c(N[C@@H]4CCN(C)C[C@@H]4F)cccc3n2CC(F)(F)F)cc1F. The van der Waals surface area contributed by atoms with E-state index in [1.54, 1.807) is 24.3 Å². The Hall–Kier alpha value is -3.53. The van der Waals surface area contributed by atoms with Crippen molar-refractivity contribution in [2.24, 2.45) is 0 Å². The third-order valence-electron chi connectivity index (χ3n) is 6.84. The Kier molecular flexibility index (Phi) is 9.08. The Morgan fingerprint density at radius 1 is 1.20 bits per heavy atom. The van der Waals surface area contributed by atoms with Gasteiger partial charge in [-0.2, -0.15) is 13.2 Å². The number of aliphatic hydroxyl groups is 1. The number of fused-ring (bicyclic) bond motifs is 1. The van der Waals surface area contributed by atoms with Crippen LogP contribution in [0.25, 0.3) is 10.9 Å². The zero-order chi connectivity index (χ0) is 29.0. The average Bonchev–Trinajstić information content (AvgIpc) is 3.24. The number of nitrogens with one attached hydrogen (secondary N) is 3. The van der Waals surface area contributed by atoms with Crippen molar-refractivity contribution in [3.63, 3.8) is 0 Å². The quantitative estimate of drug-likeness (QED) is 0.184. The van der Waals surface area contributed by atoms with Crippen LogP contribution < -0.4 is 20.7 Å². The number of likely N-dealkylation sites (tertiary alicyclic amines) is 1. The van der Waals surface area contributed by atoms with Crippen molar-refractivity contribution < 1.29 is 31.8 Å². The minimum absolute atomic E-state index is 0.00334. The molecule has 3 aromatic rings. The van der Waals surface area contributed by atoms with Crippen molar-refractivity contribution in [3.8, 4) is 17.6 Å². The Morgan fingerprint density at radius 3 is 2.65 bits per heavy atom. The number of aromatic nitrogens is 1. The van der Waals surface area contributed by atoms with Crippen LogP contribution in [-0.2, 0) is 6.54 Å². The number of methoxy groups -OCH3 is 1. The highest BCUT2D eigenvalue weighted by molar-refractivity contribution is 5.94. The van der Waals surface area contributed by atoms with Crippen molar-refractivity contribution >= 4 is 22.3 Å². The molecule has 0 radical (unpaired) electrons. The standard InChI is InChI=1S/C28H32F5N5O2/c1-34-27(39)18-13-26(40-3)24(14-20(18)29)35-10-5-6-17-12-19-22(36-23-9-11-37(2)15-21(23)30)7-4-8-25(19)38(17)16-28(31,32)33/h4,7-8,12-14,21,23,27,34-36,39H,9-11,15-16H2,1-3H3/t21-,23+,27?/m0/s1. The number of ether oxygens (including phenoxy) is 1. The van der Waals surface area contributed by atoms with E-state index in [-0.39, 0.29) is 35.8 Å². The first-order chi connectivity index (χ1) is 19.0. The number of aliphatic hydroxyl groups excluding tert-OH is 1. The van der Waals surface area contributed by atoms with Gasteiger partial charge in [-0.3, -0.25) is 5.32 Å². The molecule has 2 heterocycles. The molecule has 0 aliphatic carbocycles. The highest BCUT2D eigenvalue weighted by atomic mass is 19.4. The van der Waals surface area contributed by atoms with Crippen LogP contribution in [0.3, 0.4) is 0 Å². The lowest BCUT2D eigenvalue weighted by atomic mass is 10.0. The zero-order valence-electron chi connectivity index (χ0n) is 22.4. The van der Waals surface area contributed by atoms with Gasteiger partial charge in [0, 0.05) is 35.8 Å². The maximum absolute atomic E-state index is 14.7. The molecule has 1 aliphatic heterocycles. The second kappa shape index (κ2) is 12.3. The number of hydrogen-bond donors (Lipinski definition) is 4. The molecule has 0 amide bonds. The van der Waals surface area contributed by atoms with E-state index in [0.29, 0.717) is 29.6 Å². The molecule has 1 fully saturated rings. The van der Waals surface area contributed by atoms with Crippen molar-refractivity contribution in [1.29, 1.82) is 0 Å². The van der Waals surface area contributed by atoms with Gasteiger partial charge in [0.25, 0.3) is 0 Å². The van der Waals surface area contributed by atoms with Crippen molar-refractivity contribution in [1.82, 2.24) is 14.8 Å². The molecule has 3 atom stereocenters. The summed E-state index contributed by atoms with van der Waals surface area (Å²) in [5.41, 5.74) is 1.26. The first kappa shape index (κ1) is 29.5. The molecule has 0 bridgehead atoms. The Balaban J connectivity index is 1.61. The maximum atomic E-state index is 14.7. The highest BCUT2D eigenvalue weighted by Gasteiger charge is 2.31. The summed E-state index contributed by atoms with van der Waals surface area (Å²) in [6.45, 7) is -0.284. The molecular formula is C28H32F5N5O2. The number of piperidine rings is 1. The van der Waals surface area contributed by atoms with Gasteiger partial charge in [0.1, 0.15) is 30.5 Å². The molecule has 1 unspecified atom stereocenters. The van der Waals surface area contributed by atoms with Crippen LogP contribution in [0.5, 0.6) is 5.75 Å². The molecule has 4 N–H and O–H groups in total. The summed E-state index contributed by atoms with van der Waals surface area (Å²) in [7, 11) is 4.70.